The fraction of sp³-hybridized carbons (Fsp3) is 0.917. The van der Waals surface area contributed by atoms with E-state index in [0.717, 1.165) is 13.1 Å². The molecule has 1 N–H and O–H groups in total. The van der Waals surface area contributed by atoms with Crippen LogP contribution in [-0.4, -0.2) is 36.6 Å². The summed E-state index contributed by atoms with van der Waals surface area (Å²) in [4.78, 5) is 2.23. The SMILES string of the molecule is CC(C)C(C)NC1CCN(CC#N)CC1. The van der Waals surface area contributed by atoms with E-state index < -0.39 is 0 Å². The molecule has 1 aliphatic heterocycles. The third kappa shape index (κ3) is 4.19. The van der Waals surface area contributed by atoms with Gasteiger partial charge in [-0.15, -0.1) is 0 Å². The number of nitriles is 1. The van der Waals surface area contributed by atoms with Crippen LogP contribution in [0.15, 0.2) is 0 Å². The number of nitrogens with zero attached hydrogens (tertiary/aromatic N) is 2. The maximum atomic E-state index is 8.60. The Morgan fingerprint density at radius 3 is 2.40 bits per heavy atom. The minimum Gasteiger partial charge on any atom is -0.311 e. The average molecular weight is 209 g/mol. The minimum absolute atomic E-state index is 0.590. The van der Waals surface area contributed by atoms with E-state index >= 15 is 0 Å². The molecule has 0 aromatic rings. The van der Waals surface area contributed by atoms with Crippen molar-refractivity contribution in [1.82, 2.24) is 10.2 Å². The Morgan fingerprint density at radius 2 is 1.93 bits per heavy atom. The van der Waals surface area contributed by atoms with Crippen LogP contribution < -0.4 is 5.32 Å². The first-order chi connectivity index (χ1) is 7.13. The molecular formula is C12H23N3. The number of hydrogen-bond donors (Lipinski definition) is 1. The van der Waals surface area contributed by atoms with Crippen molar-refractivity contribution in [2.45, 2.75) is 45.7 Å². The van der Waals surface area contributed by atoms with E-state index in [1.807, 2.05) is 0 Å². The number of likely N-dealkylation sites (tertiary alicyclic amines) is 1. The molecule has 1 atom stereocenters. The largest absolute Gasteiger partial charge is 0.311 e. The lowest BCUT2D eigenvalue weighted by atomic mass is 10.0. The first kappa shape index (κ1) is 12.5. The fourth-order valence-corrected chi connectivity index (χ4v) is 1.92. The summed E-state index contributed by atoms with van der Waals surface area (Å²) < 4.78 is 0. The van der Waals surface area contributed by atoms with E-state index in [1.165, 1.54) is 12.8 Å². The predicted molar refractivity (Wildman–Crippen MR) is 62.5 cm³/mol. The zero-order valence-corrected chi connectivity index (χ0v) is 10.2. The summed E-state index contributed by atoms with van der Waals surface area (Å²) in [6.45, 7) is 9.48. The van der Waals surface area contributed by atoms with Crippen LogP contribution in [-0.2, 0) is 0 Å². The van der Waals surface area contributed by atoms with E-state index in [1.54, 1.807) is 0 Å². The fourth-order valence-electron chi connectivity index (χ4n) is 1.92. The van der Waals surface area contributed by atoms with Gasteiger partial charge in [0.2, 0.25) is 0 Å². The zero-order valence-electron chi connectivity index (χ0n) is 10.2. The summed E-state index contributed by atoms with van der Waals surface area (Å²) in [5.74, 6) is 0.696. The van der Waals surface area contributed by atoms with E-state index in [4.69, 9.17) is 5.26 Å². The first-order valence-corrected chi connectivity index (χ1v) is 5.99. The highest BCUT2D eigenvalue weighted by atomic mass is 15.1. The first-order valence-electron chi connectivity index (χ1n) is 5.99. The molecule has 0 spiro atoms. The molecule has 86 valence electrons. The molecule has 3 heteroatoms. The third-order valence-electron chi connectivity index (χ3n) is 3.38. The highest BCUT2D eigenvalue weighted by Gasteiger charge is 2.20. The molecule has 1 fully saturated rings. The van der Waals surface area contributed by atoms with Crippen molar-refractivity contribution < 1.29 is 0 Å². The molecule has 0 aliphatic carbocycles. The molecule has 0 radical (unpaired) electrons. The van der Waals surface area contributed by atoms with Gasteiger partial charge in [-0.3, -0.25) is 4.90 Å². The molecule has 3 nitrogen and oxygen atoms in total. The van der Waals surface area contributed by atoms with Crippen molar-refractivity contribution in [2.24, 2.45) is 5.92 Å². The van der Waals surface area contributed by atoms with Crippen molar-refractivity contribution >= 4 is 0 Å². The molecule has 1 aliphatic rings. The molecule has 0 saturated carbocycles. The highest BCUT2D eigenvalue weighted by molar-refractivity contribution is 4.84. The van der Waals surface area contributed by atoms with Gasteiger partial charge in [-0.05, 0) is 25.7 Å². The maximum Gasteiger partial charge on any atom is 0.0866 e. The predicted octanol–water partition coefficient (Wildman–Crippen LogP) is 1.61. The minimum atomic E-state index is 0.590. The van der Waals surface area contributed by atoms with Crippen LogP contribution in [0.4, 0.5) is 0 Å². The van der Waals surface area contributed by atoms with Crippen LogP contribution in [0.1, 0.15) is 33.6 Å². The summed E-state index contributed by atoms with van der Waals surface area (Å²) in [5.41, 5.74) is 0. The molecule has 0 bridgehead atoms. The Morgan fingerprint density at radius 1 is 1.33 bits per heavy atom. The Bertz CT molecular complexity index is 211. The monoisotopic (exact) mass is 209 g/mol. The standard InChI is InChI=1S/C12H23N3/c1-10(2)11(3)14-12-4-7-15(8-5-12)9-6-13/h10-12,14H,4-5,7-9H2,1-3H3. The summed E-state index contributed by atoms with van der Waals surface area (Å²) >= 11 is 0. The average Bonchev–Trinajstić information content (AvgIpc) is 2.21. The van der Waals surface area contributed by atoms with E-state index in [9.17, 15) is 0 Å². The normalized spacial score (nSPS) is 21.5. The number of rotatable bonds is 4. The van der Waals surface area contributed by atoms with Gasteiger partial charge in [-0.1, -0.05) is 13.8 Å². The molecule has 15 heavy (non-hydrogen) atoms. The van der Waals surface area contributed by atoms with Crippen LogP contribution in [0, 0.1) is 17.2 Å². The lowest BCUT2D eigenvalue weighted by Crippen LogP contribution is -2.46. The lowest BCUT2D eigenvalue weighted by molar-refractivity contribution is 0.203. The molecular weight excluding hydrogens is 186 g/mol. The molecule has 0 amide bonds. The lowest BCUT2D eigenvalue weighted by Gasteiger charge is -2.33. The van der Waals surface area contributed by atoms with Crippen LogP contribution in [0.25, 0.3) is 0 Å². The van der Waals surface area contributed by atoms with E-state index in [2.05, 4.69) is 37.1 Å². The van der Waals surface area contributed by atoms with Gasteiger partial charge >= 0.3 is 0 Å². The van der Waals surface area contributed by atoms with Crippen LogP contribution in [0.2, 0.25) is 0 Å². The second kappa shape index (κ2) is 6.09. The Balaban J connectivity index is 2.23. The number of nitrogens with one attached hydrogen (secondary N) is 1. The summed E-state index contributed by atoms with van der Waals surface area (Å²) in [5, 5.41) is 12.3. The second-order valence-corrected chi connectivity index (χ2v) is 4.91. The van der Waals surface area contributed by atoms with Crippen LogP contribution >= 0.6 is 0 Å². The van der Waals surface area contributed by atoms with Crippen molar-refractivity contribution in [2.75, 3.05) is 19.6 Å². The molecule has 1 saturated heterocycles. The quantitative estimate of drug-likeness (QED) is 0.715. The summed E-state index contributed by atoms with van der Waals surface area (Å²) in [6.07, 6.45) is 2.36. The van der Waals surface area contributed by atoms with Crippen molar-refractivity contribution in [3.63, 3.8) is 0 Å². The zero-order chi connectivity index (χ0) is 11.3. The summed E-state index contributed by atoms with van der Waals surface area (Å²) in [7, 11) is 0. The van der Waals surface area contributed by atoms with E-state index in [-0.39, 0.29) is 0 Å². The van der Waals surface area contributed by atoms with Gasteiger partial charge in [0.05, 0.1) is 12.6 Å². The highest BCUT2D eigenvalue weighted by Crippen LogP contribution is 2.12. The molecule has 1 unspecified atom stereocenters. The number of hydrogen-bond acceptors (Lipinski definition) is 3. The Kier molecular flexibility index (Phi) is 5.07. The molecule has 1 heterocycles. The van der Waals surface area contributed by atoms with Gasteiger partial charge in [0.25, 0.3) is 0 Å². The van der Waals surface area contributed by atoms with Gasteiger partial charge in [0.1, 0.15) is 0 Å². The van der Waals surface area contributed by atoms with Crippen molar-refractivity contribution in [3.8, 4) is 6.07 Å². The van der Waals surface area contributed by atoms with Crippen molar-refractivity contribution in [3.05, 3.63) is 0 Å². The van der Waals surface area contributed by atoms with Gasteiger partial charge in [-0.2, -0.15) is 5.26 Å². The summed E-state index contributed by atoms with van der Waals surface area (Å²) in [6, 6.07) is 3.46. The molecule has 0 aromatic heterocycles. The van der Waals surface area contributed by atoms with Gasteiger partial charge in [0.15, 0.2) is 0 Å². The smallest absolute Gasteiger partial charge is 0.0866 e. The maximum absolute atomic E-state index is 8.60. The third-order valence-corrected chi connectivity index (χ3v) is 3.38. The van der Waals surface area contributed by atoms with Gasteiger partial charge < -0.3 is 5.32 Å². The Hall–Kier alpha value is -0.590. The van der Waals surface area contributed by atoms with Gasteiger partial charge in [0, 0.05) is 25.2 Å². The second-order valence-electron chi connectivity index (χ2n) is 4.91. The van der Waals surface area contributed by atoms with Crippen molar-refractivity contribution in [1.29, 1.82) is 5.26 Å². The van der Waals surface area contributed by atoms with E-state index in [0.29, 0.717) is 24.5 Å². The van der Waals surface area contributed by atoms with Crippen LogP contribution in [0.3, 0.4) is 0 Å². The topological polar surface area (TPSA) is 39.1 Å². The van der Waals surface area contributed by atoms with Crippen LogP contribution in [0.5, 0.6) is 0 Å². The Labute approximate surface area is 93.5 Å². The van der Waals surface area contributed by atoms with Gasteiger partial charge in [-0.25, -0.2) is 0 Å². The number of piperidine rings is 1. The molecule has 1 rings (SSSR count). The molecule has 0 aromatic carbocycles.